The molecule has 0 aliphatic heterocycles. The molecule has 1 atom stereocenters. The fourth-order valence-electron chi connectivity index (χ4n) is 2.15. The summed E-state index contributed by atoms with van der Waals surface area (Å²) >= 11 is 5.88. The van der Waals surface area contributed by atoms with Crippen LogP contribution in [0.2, 0.25) is 0 Å². The number of rotatable bonds is 6. The third-order valence-electron chi connectivity index (χ3n) is 3.19. The highest BCUT2D eigenvalue weighted by atomic mass is 35.5. The Morgan fingerprint density at radius 3 is 2.56 bits per heavy atom. The van der Waals surface area contributed by atoms with E-state index in [1.807, 2.05) is 19.9 Å². The summed E-state index contributed by atoms with van der Waals surface area (Å²) in [5.41, 5.74) is 2.93. The number of carbonyl (C=O) groups excluding carboxylic acids is 1. The van der Waals surface area contributed by atoms with E-state index in [2.05, 4.69) is 23.6 Å². The van der Waals surface area contributed by atoms with Gasteiger partial charge in [-0.25, -0.2) is 0 Å². The first-order chi connectivity index (χ1) is 8.34. The molecule has 1 heterocycles. The molecule has 4 heteroatoms. The van der Waals surface area contributed by atoms with E-state index in [0.717, 1.165) is 36.5 Å². The summed E-state index contributed by atoms with van der Waals surface area (Å²) in [7, 11) is 4.14. The lowest BCUT2D eigenvalue weighted by atomic mass is 10.1. The molecular weight excluding hydrogens is 248 g/mol. The second kappa shape index (κ2) is 6.39. The van der Waals surface area contributed by atoms with E-state index in [1.54, 1.807) is 6.92 Å². The minimum absolute atomic E-state index is 0.0172. The zero-order chi connectivity index (χ0) is 13.9. The third-order valence-corrected chi connectivity index (χ3v) is 3.39. The molecule has 0 N–H and O–H groups in total. The summed E-state index contributed by atoms with van der Waals surface area (Å²) in [6.07, 6.45) is 1.08. The van der Waals surface area contributed by atoms with Crippen LogP contribution < -0.4 is 0 Å². The molecule has 0 saturated heterocycles. The molecule has 1 unspecified atom stereocenters. The van der Waals surface area contributed by atoms with E-state index in [0.29, 0.717) is 0 Å². The maximum Gasteiger partial charge on any atom is 0.182 e. The SMILES string of the molecule is Cc1cc(C(=O)C(C)Cl)c(C)n1CCCN(C)C. The topological polar surface area (TPSA) is 25.2 Å². The molecule has 102 valence electrons. The van der Waals surface area contributed by atoms with Crippen LogP contribution in [0.4, 0.5) is 0 Å². The number of Topliss-reactive ketones (excluding diaryl/α,β-unsaturated/α-hetero) is 1. The van der Waals surface area contributed by atoms with Crippen LogP contribution in [-0.4, -0.2) is 41.3 Å². The Bertz CT molecular complexity index is 422. The van der Waals surface area contributed by atoms with E-state index >= 15 is 0 Å². The second-order valence-corrected chi connectivity index (χ2v) is 5.73. The smallest absolute Gasteiger partial charge is 0.182 e. The van der Waals surface area contributed by atoms with Crippen LogP contribution in [0.3, 0.4) is 0 Å². The standard InChI is InChI=1S/C14H23ClN2O/c1-10-9-13(14(18)11(2)15)12(3)17(10)8-6-7-16(4)5/h9,11H,6-8H2,1-5H3. The van der Waals surface area contributed by atoms with Gasteiger partial charge in [0.15, 0.2) is 5.78 Å². The lowest BCUT2D eigenvalue weighted by Crippen LogP contribution is -2.16. The van der Waals surface area contributed by atoms with E-state index in [-0.39, 0.29) is 5.78 Å². The molecule has 1 aromatic heterocycles. The first-order valence-electron chi connectivity index (χ1n) is 6.34. The Morgan fingerprint density at radius 2 is 2.06 bits per heavy atom. The van der Waals surface area contributed by atoms with Crippen LogP contribution in [0.15, 0.2) is 6.07 Å². The number of halogens is 1. The quantitative estimate of drug-likeness (QED) is 0.587. The van der Waals surface area contributed by atoms with Gasteiger partial charge in [-0.15, -0.1) is 11.6 Å². The van der Waals surface area contributed by atoms with Gasteiger partial charge in [-0.05, 0) is 53.9 Å². The first-order valence-corrected chi connectivity index (χ1v) is 6.78. The van der Waals surface area contributed by atoms with Crippen molar-refractivity contribution in [2.24, 2.45) is 0 Å². The zero-order valence-corrected chi connectivity index (χ0v) is 12.7. The summed E-state index contributed by atoms with van der Waals surface area (Å²) in [4.78, 5) is 14.1. The van der Waals surface area contributed by atoms with E-state index in [1.165, 1.54) is 0 Å². The number of nitrogens with zero attached hydrogens (tertiary/aromatic N) is 2. The number of aryl methyl sites for hydroxylation is 1. The van der Waals surface area contributed by atoms with Gasteiger partial charge in [0.1, 0.15) is 0 Å². The average Bonchev–Trinajstić information content (AvgIpc) is 2.55. The Labute approximate surface area is 115 Å². The van der Waals surface area contributed by atoms with Gasteiger partial charge in [-0.1, -0.05) is 0 Å². The molecular formula is C14H23ClN2O. The van der Waals surface area contributed by atoms with Crippen molar-refractivity contribution >= 4 is 17.4 Å². The first kappa shape index (κ1) is 15.3. The molecule has 0 aromatic carbocycles. The number of hydrogen-bond acceptors (Lipinski definition) is 2. The summed E-state index contributed by atoms with van der Waals surface area (Å²) in [6, 6.07) is 1.95. The van der Waals surface area contributed by atoms with Gasteiger partial charge in [0.25, 0.3) is 0 Å². The van der Waals surface area contributed by atoms with Crippen molar-refractivity contribution in [1.29, 1.82) is 0 Å². The van der Waals surface area contributed by atoms with Gasteiger partial charge in [0.05, 0.1) is 5.38 Å². The number of ketones is 1. The van der Waals surface area contributed by atoms with Gasteiger partial charge in [0, 0.05) is 23.5 Å². The summed E-state index contributed by atoms with van der Waals surface area (Å²) in [5, 5.41) is -0.458. The lowest BCUT2D eigenvalue weighted by Gasteiger charge is -2.13. The van der Waals surface area contributed by atoms with E-state index < -0.39 is 5.38 Å². The van der Waals surface area contributed by atoms with Crippen LogP contribution in [0, 0.1) is 13.8 Å². The van der Waals surface area contributed by atoms with Crippen molar-refractivity contribution in [3.8, 4) is 0 Å². The fourth-order valence-corrected chi connectivity index (χ4v) is 2.27. The molecule has 0 saturated carbocycles. The zero-order valence-electron chi connectivity index (χ0n) is 12.0. The second-order valence-electron chi connectivity index (χ2n) is 5.07. The van der Waals surface area contributed by atoms with Crippen molar-refractivity contribution in [2.45, 2.75) is 39.1 Å². The Hall–Kier alpha value is -0.800. The number of aromatic nitrogens is 1. The molecule has 1 aromatic rings. The predicted molar refractivity (Wildman–Crippen MR) is 76.7 cm³/mol. The van der Waals surface area contributed by atoms with Gasteiger partial charge < -0.3 is 9.47 Å². The Morgan fingerprint density at radius 1 is 1.44 bits per heavy atom. The van der Waals surface area contributed by atoms with E-state index in [4.69, 9.17) is 11.6 Å². The van der Waals surface area contributed by atoms with Crippen LogP contribution in [0.5, 0.6) is 0 Å². The fraction of sp³-hybridized carbons (Fsp3) is 0.643. The minimum Gasteiger partial charge on any atom is -0.348 e. The van der Waals surface area contributed by atoms with Gasteiger partial charge in [0.2, 0.25) is 0 Å². The van der Waals surface area contributed by atoms with E-state index in [9.17, 15) is 4.79 Å². The molecule has 3 nitrogen and oxygen atoms in total. The van der Waals surface area contributed by atoms with Crippen molar-refractivity contribution < 1.29 is 4.79 Å². The molecule has 0 fully saturated rings. The normalized spacial score (nSPS) is 13.1. The predicted octanol–water partition coefficient (Wildman–Crippen LogP) is 2.87. The van der Waals surface area contributed by atoms with Crippen LogP contribution in [0.1, 0.15) is 35.1 Å². The summed E-state index contributed by atoms with van der Waals surface area (Å²) in [6.45, 7) is 7.75. The van der Waals surface area contributed by atoms with Crippen LogP contribution in [0.25, 0.3) is 0 Å². The highest BCUT2D eigenvalue weighted by molar-refractivity contribution is 6.33. The maximum atomic E-state index is 12.0. The van der Waals surface area contributed by atoms with Crippen molar-refractivity contribution in [3.05, 3.63) is 23.0 Å². The Balaban J connectivity index is 2.84. The molecule has 0 bridgehead atoms. The molecule has 18 heavy (non-hydrogen) atoms. The summed E-state index contributed by atoms with van der Waals surface area (Å²) < 4.78 is 2.20. The number of hydrogen-bond donors (Lipinski definition) is 0. The maximum absolute atomic E-state index is 12.0. The molecule has 0 radical (unpaired) electrons. The highest BCUT2D eigenvalue weighted by Gasteiger charge is 2.18. The van der Waals surface area contributed by atoms with Gasteiger partial charge in [-0.3, -0.25) is 4.79 Å². The number of alkyl halides is 1. The van der Waals surface area contributed by atoms with Crippen molar-refractivity contribution in [1.82, 2.24) is 9.47 Å². The largest absolute Gasteiger partial charge is 0.348 e. The number of carbonyl (C=O) groups is 1. The molecule has 0 aliphatic rings. The third kappa shape index (κ3) is 3.59. The Kier molecular flexibility index (Phi) is 5.42. The van der Waals surface area contributed by atoms with Crippen molar-refractivity contribution in [2.75, 3.05) is 20.6 Å². The molecule has 0 amide bonds. The molecule has 0 spiro atoms. The lowest BCUT2D eigenvalue weighted by molar-refractivity contribution is 0.0991. The van der Waals surface area contributed by atoms with Crippen LogP contribution >= 0.6 is 11.6 Å². The van der Waals surface area contributed by atoms with Crippen LogP contribution in [-0.2, 0) is 6.54 Å². The molecule has 1 rings (SSSR count). The van der Waals surface area contributed by atoms with Crippen molar-refractivity contribution in [3.63, 3.8) is 0 Å². The average molecular weight is 271 g/mol. The van der Waals surface area contributed by atoms with Gasteiger partial charge >= 0.3 is 0 Å². The minimum atomic E-state index is -0.458. The highest BCUT2D eigenvalue weighted by Crippen LogP contribution is 2.19. The summed E-state index contributed by atoms with van der Waals surface area (Å²) in [5.74, 6) is 0.0172. The van der Waals surface area contributed by atoms with Gasteiger partial charge in [-0.2, -0.15) is 0 Å². The monoisotopic (exact) mass is 270 g/mol. The molecule has 0 aliphatic carbocycles.